The molecule has 0 radical (unpaired) electrons. The Kier molecular flexibility index (Phi) is 5.22. The summed E-state index contributed by atoms with van der Waals surface area (Å²) in [6.45, 7) is 11.1. The zero-order valence-electron chi connectivity index (χ0n) is 14.8. The molecular weight excluding hydrogens is 292 g/mol. The third-order valence-electron chi connectivity index (χ3n) is 5.61. The lowest BCUT2D eigenvalue weighted by atomic mass is 9.62. The van der Waals surface area contributed by atoms with E-state index in [-0.39, 0.29) is 11.3 Å². The van der Waals surface area contributed by atoms with Gasteiger partial charge in [-0.2, -0.15) is 0 Å². The highest BCUT2D eigenvalue weighted by atomic mass is 28.4. The van der Waals surface area contributed by atoms with Gasteiger partial charge in [0, 0.05) is 11.7 Å². The topological polar surface area (TPSA) is 46.5 Å². The number of carboxylic acids is 1. The van der Waals surface area contributed by atoms with Gasteiger partial charge in [-0.05, 0) is 69.0 Å². The summed E-state index contributed by atoms with van der Waals surface area (Å²) in [5.74, 6) is 0.00234. The molecule has 2 aliphatic carbocycles. The van der Waals surface area contributed by atoms with Crippen molar-refractivity contribution in [3.63, 3.8) is 0 Å². The molecule has 0 aliphatic heterocycles. The summed E-state index contributed by atoms with van der Waals surface area (Å²) in [4.78, 5) is 11.7. The smallest absolute Gasteiger partial charge is 0.331 e. The molecule has 2 saturated carbocycles. The number of allylic oxidation sites excluding steroid dienone is 1. The quantitative estimate of drug-likeness (QED) is 0.581. The van der Waals surface area contributed by atoms with E-state index in [2.05, 4.69) is 26.6 Å². The van der Waals surface area contributed by atoms with E-state index in [0.717, 1.165) is 38.5 Å². The van der Waals surface area contributed by atoms with E-state index in [1.807, 2.05) is 13.0 Å². The Labute approximate surface area is 136 Å². The summed E-state index contributed by atoms with van der Waals surface area (Å²) in [5.41, 5.74) is 0.753. The normalized spacial score (nSPS) is 36.2. The third-order valence-corrected chi connectivity index (χ3v) is 6.62. The SMILES string of the molecule is CC/C=C(/C(=O)O)C1CCC2C(O[Si](C)(C)C)CCC[C@]12C. The molecule has 1 N–H and O–H groups in total. The van der Waals surface area contributed by atoms with Crippen molar-refractivity contribution in [2.24, 2.45) is 17.3 Å². The molecule has 0 aromatic heterocycles. The summed E-state index contributed by atoms with van der Waals surface area (Å²) in [6.07, 6.45) is 8.65. The molecule has 0 aromatic rings. The lowest BCUT2D eigenvalue weighted by Crippen LogP contribution is -2.45. The number of carbonyl (C=O) groups is 1. The standard InChI is InChI=1S/C18H32O3Si/c1-6-8-13(17(19)20)14-10-11-15-16(21-22(3,4)5)9-7-12-18(14,15)2/h8,14-16H,6-7,9-12H2,1-5H3,(H,19,20)/b13-8+/t14?,15?,16?,18-/m1/s1. The van der Waals surface area contributed by atoms with Crippen LogP contribution >= 0.6 is 0 Å². The van der Waals surface area contributed by atoms with Crippen molar-refractivity contribution in [2.75, 3.05) is 0 Å². The zero-order chi connectivity index (χ0) is 16.5. The summed E-state index contributed by atoms with van der Waals surface area (Å²) in [5, 5.41) is 9.63. The van der Waals surface area contributed by atoms with Crippen LogP contribution in [0.15, 0.2) is 11.6 Å². The van der Waals surface area contributed by atoms with E-state index in [1.165, 1.54) is 0 Å². The monoisotopic (exact) mass is 324 g/mol. The molecule has 3 unspecified atom stereocenters. The van der Waals surface area contributed by atoms with E-state index in [9.17, 15) is 9.90 Å². The van der Waals surface area contributed by atoms with Crippen molar-refractivity contribution in [1.82, 2.24) is 0 Å². The highest BCUT2D eigenvalue weighted by molar-refractivity contribution is 6.69. The van der Waals surface area contributed by atoms with Crippen LogP contribution in [0.4, 0.5) is 0 Å². The van der Waals surface area contributed by atoms with Gasteiger partial charge in [0.2, 0.25) is 0 Å². The molecule has 2 aliphatic rings. The zero-order valence-corrected chi connectivity index (χ0v) is 15.8. The van der Waals surface area contributed by atoms with Crippen molar-refractivity contribution >= 4 is 14.3 Å². The minimum absolute atomic E-state index is 0.0992. The van der Waals surface area contributed by atoms with E-state index >= 15 is 0 Å². The van der Waals surface area contributed by atoms with Crippen LogP contribution in [0.2, 0.25) is 19.6 Å². The lowest BCUT2D eigenvalue weighted by Gasteiger charge is -2.46. The number of hydrogen-bond acceptors (Lipinski definition) is 2. The molecule has 0 bridgehead atoms. The maximum atomic E-state index is 11.7. The molecule has 4 atom stereocenters. The summed E-state index contributed by atoms with van der Waals surface area (Å²) in [7, 11) is -1.55. The van der Waals surface area contributed by atoms with Crippen LogP contribution in [0, 0.1) is 17.3 Å². The lowest BCUT2D eigenvalue weighted by molar-refractivity contribution is -0.134. The fourth-order valence-corrected chi connectivity index (χ4v) is 6.01. The van der Waals surface area contributed by atoms with E-state index in [0.29, 0.717) is 17.6 Å². The number of hydrogen-bond donors (Lipinski definition) is 1. The average molecular weight is 325 g/mol. The second-order valence-electron chi connectivity index (χ2n) is 8.28. The Morgan fingerprint density at radius 1 is 1.32 bits per heavy atom. The minimum Gasteiger partial charge on any atom is -0.478 e. The fourth-order valence-electron chi connectivity index (χ4n) is 4.82. The highest BCUT2D eigenvalue weighted by Gasteiger charge is 2.53. The molecule has 2 rings (SSSR count). The Morgan fingerprint density at radius 2 is 2.00 bits per heavy atom. The first-order chi connectivity index (χ1) is 10.2. The summed E-state index contributed by atoms with van der Waals surface area (Å²) >= 11 is 0. The highest BCUT2D eigenvalue weighted by Crippen LogP contribution is 2.58. The molecule has 4 heteroatoms. The molecule has 0 spiro atoms. The molecule has 126 valence electrons. The van der Waals surface area contributed by atoms with Gasteiger partial charge in [-0.15, -0.1) is 0 Å². The Morgan fingerprint density at radius 3 is 2.55 bits per heavy atom. The third kappa shape index (κ3) is 3.48. The average Bonchev–Trinajstić information content (AvgIpc) is 2.72. The predicted octanol–water partition coefficient (Wildman–Crippen LogP) is 4.84. The molecule has 0 heterocycles. The largest absolute Gasteiger partial charge is 0.478 e. The molecule has 3 nitrogen and oxygen atoms in total. The van der Waals surface area contributed by atoms with Crippen LogP contribution in [0.25, 0.3) is 0 Å². The van der Waals surface area contributed by atoms with Gasteiger partial charge in [-0.1, -0.05) is 26.3 Å². The summed E-state index contributed by atoms with van der Waals surface area (Å²) < 4.78 is 6.48. The first-order valence-electron chi connectivity index (χ1n) is 8.80. The van der Waals surface area contributed by atoms with Gasteiger partial charge >= 0.3 is 5.97 Å². The van der Waals surface area contributed by atoms with Crippen LogP contribution in [-0.4, -0.2) is 25.5 Å². The molecule has 0 saturated heterocycles. The Bertz CT molecular complexity index is 452. The van der Waals surface area contributed by atoms with Crippen molar-refractivity contribution in [1.29, 1.82) is 0 Å². The Hall–Kier alpha value is -0.613. The van der Waals surface area contributed by atoms with E-state index < -0.39 is 14.3 Å². The predicted molar refractivity (Wildman–Crippen MR) is 92.4 cm³/mol. The van der Waals surface area contributed by atoms with Crippen molar-refractivity contribution < 1.29 is 14.3 Å². The van der Waals surface area contributed by atoms with Gasteiger partial charge in [0.05, 0.1) is 0 Å². The molecule has 22 heavy (non-hydrogen) atoms. The van der Waals surface area contributed by atoms with Gasteiger partial charge in [0.1, 0.15) is 0 Å². The van der Waals surface area contributed by atoms with Crippen LogP contribution in [-0.2, 0) is 9.22 Å². The van der Waals surface area contributed by atoms with E-state index in [4.69, 9.17) is 4.43 Å². The summed E-state index contributed by atoms with van der Waals surface area (Å²) in [6, 6.07) is 0. The van der Waals surface area contributed by atoms with Crippen molar-refractivity contribution in [3.8, 4) is 0 Å². The second-order valence-corrected chi connectivity index (χ2v) is 12.7. The molecule has 0 amide bonds. The van der Waals surface area contributed by atoms with Crippen LogP contribution in [0.1, 0.15) is 52.4 Å². The van der Waals surface area contributed by atoms with Gasteiger partial charge < -0.3 is 9.53 Å². The van der Waals surface area contributed by atoms with Gasteiger partial charge in [0.25, 0.3) is 0 Å². The van der Waals surface area contributed by atoms with Gasteiger partial charge in [-0.3, -0.25) is 0 Å². The van der Waals surface area contributed by atoms with Crippen molar-refractivity contribution in [2.45, 2.75) is 78.1 Å². The first-order valence-corrected chi connectivity index (χ1v) is 12.2. The Balaban J connectivity index is 2.26. The maximum Gasteiger partial charge on any atom is 0.331 e. The van der Waals surface area contributed by atoms with Crippen LogP contribution in [0.3, 0.4) is 0 Å². The number of aliphatic carboxylic acids is 1. The maximum absolute atomic E-state index is 11.7. The fraction of sp³-hybridized carbons (Fsp3) is 0.833. The van der Waals surface area contributed by atoms with Gasteiger partial charge in [-0.25, -0.2) is 4.79 Å². The van der Waals surface area contributed by atoms with Crippen LogP contribution < -0.4 is 0 Å². The first kappa shape index (κ1) is 17.7. The van der Waals surface area contributed by atoms with Gasteiger partial charge in [0.15, 0.2) is 8.32 Å². The van der Waals surface area contributed by atoms with Crippen molar-refractivity contribution in [3.05, 3.63) is 11.6 Å². The molecule has 0 aromatic carbocycles. The molecule has 2 fully saturated rings. The second kappa shape index (κ2) is 6.48. The minimum atomic E-state index is -1.55. The molecular formula is C18H32O3Si. The number of fused-ring (bicyclic) bond motifs is 1. The van der Waals surface area contributed by atoms with Crippen LogP contribution in [0.5, 0.6) is 0 Å². The number of carboxylic acid groups (broad SMARTS) is 1. The van der Waals surface area contributed by atoms with E-state index in [1.54, 1.807) is 0 Å². The number of rotatable bonds is 5.